The number of hydrogen-bond donors (Lipinski definition) is 0. The van der Waals surface area contributed by atoms with Crippen molar-refractivity contribution in [2.75, 3.05) is 44.4 Å². The molecule has 0 amide bonds. The van der Waals surface area contributed by atoms with Crippen LogP contribution in [0.2, 0.25) is 0 Å². The Labute approximate surface area is 270 Å². The minimum Gasteiger partial charge on any atom is -0.494 e. The van der Waals surface area contributed by atoms with Gasteiger partial charge in [0.1, 0.15) is 23.0 Å². The van der Waals surface area contributed by atoms with E-state index in [-0.39, 0.29) is 0 Å². The van der Waals surface area contributed by atoms with Crippen molar-refractivity contribution in [1.29, 1.82) is 0 Å². The van der Waals surface area contributed by atoms with Crippen LogP contribution in [0.25, 0.3) is 33.6 Å². The van der Waals surface area contributed by atoms with Crippen molar-refractivity contribution in [2.45, 2.75) is 67.2 Å². The summed E-state index contributed by atoms with van der Waals surface area (Å²) in [5.74, 6) is 3.04. The van der Waals surface area contributed by atoms with E-state index in [0.29, 0.717) is 26.4 Å². The fourth-order valence-electron chi connectivity index (χ4n) is 5.40. The van der Waals surface area contributed by atoms with Gasteiger partial charge in [-0.2, -0.15) is 0 Å². The summed E-state index contributed by atoms with van der Waals surface area (Å²) in [4.78, 5) is 7.72. The minimum atomic E-state index is 0.538. The third-order valence-electron chi connectivity index (χ3n) is 7.63. The van der Waals surface area contributed by atoms with Gasteiger partial charge in [0.05, 0.1) is 37.8 Å². The Morgan fingerprint density at radius 2 is 0.978 bits per heavy atom. The molecule has 0 fully saturated rings. The molecule has 1 aromatic heterocycles. The van der Waals surface area contributed by atoms with Crippen LogP contribution in [0.5, 0.6) is 23.0 Å². The van der Waals surface area contributed by atoms with Crippen LogP contribution in [-0.4, -0.2) is 44.5 Å². The third-order valence-corrected chi connectivity index (χ3v) is 7.63. The maximum Gasteiger partial charge on any atom is 0.132 e. The molecule has 0 radical (unpaired) electrons. The summed E-state index contributed by atoms with van der Waals surface area (Å²) in [6.45, 7) is 16.9. The second-order valence-electron chi connectivity index (χ2n) is 10.9. The number of unbranched alkanes of at least 4 members (excludes halogenated alkanes) is 2. The Balaban J connectivity index is 1.85. The summed E-state index contributed by atoms with van der Waals surface area (Å²) >= 11 is 0. The van der Waals surface area contributed by atoms with Gasteiger partial charge >= 0.3 is 0 Å². The first-order valence-corrected chi connectivity index (χ1v) is 16.7. The van der Waals surface area contributed by atoms with Gasteiger partial charge in [0.15, 0.2) is 0 Å². The Bertz CT molecular complexity index is 1400. The van der Waals surface area contributed by atoms with Crippen molar-refractivity contribution in [3.8, 4) is 56.6 Å². The van der Waals surface area contributed by atoms with E-state index in [2.05, 4.69) is 55.1 Å². The maximum atomic E-state index is 6.11. The topological polar surface area (TPSA) is 53.1 Å². The van der Waals surface area contributed by atoms with Gasteiger partial charge in [0, 0.05) is 42.0 Å². The number of nitrogens with zero attached hydrogens (tertiary/aromatic N) is 2. The first kappa shape index (κ1) is 33.7. The molecular weight excluding hydrogens is 560 g/mol. The molecule has 240 valence electrons. The molecule has 0 saturated heterocycles. The van der Waals surface area contributed by atoms with Crippen LogP contribution in [-0.2, 0) is 0 Å². The highest BCUT2D eigenvalue weighted by atomic mass is 16.5. The lowest BCUT2D eigenvalue weighted by molar-refractivity contribution is 0.323. The highest BCUT2D eigenvalue weighted by Gasteiger charge is 2.17. The molecule has 6 nitrogen and oxygen atoms in total. The van der Waals surface area contributed by atoms with E-state index in [9.17, 15) is 0 Å². The molecule has 0 spiro atoms. The van der Waals surface area contributed by atoms with E-state index in [1.165, 1.54) is 31.4 Å². The SMILES string of the molecule is CCCCN(CCCC)c1ccc(-c2cc(-c3ccc(OCC)cc3OCC)nc(-c3ccc(OCC)cc3OCC)c2)cc1. The van der Waals surface area contributed by atoms with Gasteiger partial charge in [-0.25, -0.2) is 4.98 Å². The van der Waals surface area contributed by atoms with Gasteiger partial charge in [0.2, 0.25) is 0 Å². The zero-order chi connectivity index (χ0) is 32.0. The minimum absolute atomic E-state index is 0.538. The number of aromatic nitrogens is 1. The number of anilines is 1. The standard InChI is InChI=1S/C39H50N2O4/c1-7-13-23-41(24-14-8-2)31-17-15-29(16-18-31)30-25-36(34-21-19-32(42-9-3)27-38(34)44-11-5)40-37(26-30)35-22-20-33(43-10-4)28-39(35)45-12-6/h15-22,25-28H,7-14,23-24H2,1-6H3. The average molecular weight is 611 g/mol. The molecule has 45 heavy (non-hydrogen) atoms. The van der Waals surface area contributed by atoms with E-state index in [0.717, 1.165) is 69.7 Å². The lowest BCUT2D eigenvalue weighted by Crippen LogP contribution is -2.25. The summed E-state index contributed by atoms with van der Waals surface area (Å²) in [6, 6.07) is 25.2. The predicted molar refractivity (Wildman–Crippen MR) is 187 cm³/mol. The molecule has 6 heteroatoms. The highest BCUT2D eigenvalue weighted by Crippen LogP contribution is 2.39. The monoisotopic (exact) mass is 610 g/mol. The summed E-state index contributed by atoms with van der Waals surface area (Å²) in [6.07, 6.45) is 4.76. The van der Waals surface area contributed by atoms with Gasteiger partial charge in [-0.05, 0) is 100 Å². The van der Waals surface area contributed by atoms with Gasteiger partial charge < -0.3 is 23.8 Å². The van der Waals surface area contributed by atoms with E-state index in [1.807, 2.05) is 64.1 Å². The quantitative estimate of drug-likeness (QED) is 0.112. The number of ether oxygens (including phenoxy) is 4. The van der Waals surface area contributed by atoms with Crippen molar-refractivity contribution in [3.63, 3.8) is 0 Å². The van der Waals surface area contributed by atoms with Crippen LogP contribution >= 0.6 is 0 Å². The van der Waals surface area contributed by atoms with E-state index >= 15 is 0 Å². The Morgan fingerprint density at radius 3 is 1.40 bits per heavy atom. The van der Waals surface area contributed by atoms with Crippen molar-refractivity contribution in [3.05, 3.63) is 72.8 Å². The van der Waals surface area contributed by atoms with E-state index in [1.54, 1.807) is 0 Å². The molecular formula is C39H50N2O4. The molecule has 0 aliphatic carbocycles. The molecule has 3 aromatic carbocycles. The molecule has 0 unspecified atom stereocenters. The van der Waals surface area contributed by atoms with Crippen LogP contribution in [0.3, 0.4) is 0 Å². The second-order valence-corrected chi connectivity index (χ2v) is 10.9. The zero-order valence-corrected chi connectivity index (χ0v) is 28.0. The van der Waals surface area contributed by atoms with Crippen LogP contribution < -0.4 is 23.8 Å². The fourth-order valence-corrected chi connectivity index (χ4v) is 5.40. The summed E-state index contributed by atoms with van der Waals surface area (Å²) in [5.41, 5.74) is 6.93. The normalized spacial score (nSPS) is 10.9. The molecule has 0 atom stereocenters. The van der Waals surface area contributed by atoms with Gasteiger partial charge in [-0.15, -0.1) is 0 Å². The predicted octanol–water partition coefficient (Wildman–Crippen LogP) is 10.1. The molecule has 0 bridgehead atoms. The van der Waals surface area contributed by atoms with E-state index in [4.69, 9.17) is 23.9 Å². The molecule has 0 saturated carbocycles. The second kappa shape index (κ2) is 17.3. The third kappa shape index (κ3) is 8.93. The highest BCUT2D eigenvalue weighted by molar-refractivity contribution is 5.81. The number of pyridine rings is 1. The zero-order valence-electron chi connectivity index (χ0n) is 28.0. The summed E-state index contributed by atoms with van der Waals surface area (Å²) in [5, 5.41) is 0. The van der Waals surface area contributed by atoms with Crippen molar-refractivity contribution in [2.24, 2.45) is 0 Å². The maximum absolute atomic E-state index is 6.11. The number of rotatable bonds is 18. The lowest BCUT2D eigenvalue weighted by atomic mass is 9.98. The van der Waals surface area contributed by atoms with Gasteiger partial charge in [0.25, 0.3) is 0 Å². The Kier molecular flexibility index (Phi) is 13.0. The van der Waals surface area contributed by atoms with Crippen LogP contribution in [0.15, 0.2) is 72.8 Å². The van der Waals surface area contributed by atoms with Gasteiger partial charge in [-0.1, -0.05) is 38.8 Å². The van der Waals surface area contributed by atoms with Crippen LogP contribution in [0.4, 0.5) is 5.69 Å². The molecule has 0 aliphatic heterocycles. The Hall–Kier alpha value is -4.19. The lowest BCUT2D eigenvalue weighted by Gasteiger charge is -2.25. The smallest absolute Gasteiger partial charge is 0.132 e. The fraction of sp³-hybridized carbons (Fsp3) is 0.410. The summed E-state index contributed by atoms with van der Waals surface area (Å²) in [7, 11) is 0. The largest absolute Gasteiger partial charge is 0.494 e. The molecule has 4 aromatic rings. The van der Waals surface area contributed by atoms with Crippen molar-refractivity contribution < 1.29 is 18.9 Å². The van der Waals surface area contributed by atoms with E-state index < -0.39 is 0 Å². The van der Waals surface area contributed by atoms with Crippen molar-refractivity contribution >= 4 is 5.69 Å². The molecule has 0 aliphatic rings. The van der Waals surface area contributed by atoms with Gasteiger partial charge in [-0.3, -0.25) is 0 Å². The van der Waals surface area contributed by atoms with Crippen molar-refractivity contribution in [1.82, 2.24) is 4.98 Å². The molecule has 1 heterocycles. The molecule has 0 N–H and O–H groups in total. The number of benzene rings is 3. The summed E-state index contributed by atoms with van der Waals surface area (Å²) < 4.78 is 23.8. The molecule has 4 rings (SSSR count). The first-order chi connectivity index (χ1) is 22.0. The Morgan fingerprint density at radius 1 is 0.511 bits per heavy atom. The first-order valence-electron chi connectivity index (χ1n) is 16.7. The van der Waals surface area contributed by atoms with Crippen LogP contribution in [0.1, 0.15) is 67.2 Å². The van der Waals surface area contributed by atoms with Crippen LogP contribution in [0, 0.1) is 0 Å². The average Bonchev–Trinajstić information content (AvgIpc) is 3.06. The number of hydrogen-bond acceptors (Lipinski definition) is 6.